The molecule has 0 radical (unpaired) electrons. The molecule has 9 aromatic carbocycles. The van der Waals surface area contributed by atoms with Crippen molar-refractivity contribution in [1.29, 1.82) is 0 Å². The molecular formula is C54H35NOS. The number of hydrogen-bond donors (Lipinski definition) is 0. The van der Waals surface area contributed by atoms with Gasteiger partial charge >= 0.3 is 0 Å². The smallest absolute Gasteiger partial charge is 0.137 e. The second kappa shape index (κ2) is 13.8. The molecule has 268 valence electrons. The molecule has 0 atom stereocenters. The van der Waals surface area contributed by atoms with Crippen LogP contribution >= 0.6 is 11.3 Å². The van der Waals surface area contributed by atoms with Crippen molar-refractivity contribution in [2.45, 2.75) is 0 Å². The lowest BCUT2D eigenvalue weighted by atomic mass is 9.92. The van der Waals surface area contributed by atoms with Gasteiger partial charge in [-0.25, -0.2) is 0 Å². The van der Waals surface area contributed by atoms with E-state index < -0.39 is 0 Å². The Hall–Kier alpha value is -7.20. The maximum absolute atomic E-state index is 6.46. The summed E-state index contributed by atoms with van der Waals surface area (Å²) < 4.78 is 9.07. The molecule has 0 amide bonds. The average molecular weight is 746 g/mol. The predicted molar refractivity (Wildman–Crippen MR) is 243 cm³/mol. The summed E-state index contributed by atoms with van der Waals surface area (Å²) in [5.74, 6) is 0. The number of benzene rings is 9. The zero-order valence-corrected chi connectivity index (χ0v) is 31.8. The highest BCUT2D eigenvalue weighted by Crippen LogP contribution is 2.46. The van der Waals surface area contributed by atoms with E-state index in [4.69, 9.17) is 4.42 Å². The molecular weight excluding hydrogens is 711 g/mol. The maximum atomic E-state index is 6.46. The van der Waals surface area contributed by atoms with E-state index in [9.17, 15) is 0 Å². The third kappa shape index (κ3) is 5.80. The summed E-state index contributed by atoms with van der Waals surface area (Å²) in [7, 11) is 0. The number of nitrogens with zero attached hydrogens (tertiary/aromatic N) is 1. The molecule has 0 unspecified atom stereocenters. The highest BCUT2D eigenvalue weighted by molar-refractivity contribution is 7.26. The van der Waals surface area contributed by atoms with Crippen molar-refractivity contribution in [2.75, 3.05) is 4.90 Å². The van der Waals surface area contributed by atoms with Gasteiger partial charge in [-0.05, 0) is 87.5 Å². The molecule has 0 saturated heterocycles. The van der Waals surface area contributed by atoms with E-state index in [1.165, 1.54) is 64.7 Å². The summed E-state index contributed by atoms with van der Waals surface area (Å²) in [4.78, 5) is 2.36. The van der Waals surface area contributed by atoms with Crippen LogP contribution in [0.25, 0.3) is 86.6 Å². The number of anilines is 3. The SMILES string of the molecule is c1ccc(-c2ccccc2-c2ccc(N(c3ccc(-c4cccc5c4sc4ccccc45)c(-c4ccccc4)c3)c3ccc4c(c3)oc3ccccc34)cc2)cc1. The molecule has 0 aliphatic rings. The van der Waals surface area contributed by atoms with Gasteiger partial charge in [0.25, 0.3) is 0 Å². The molecule has 57 heavy (non-hydrogen) atoms. The molecule has 11 aromatic rings. The number of furan rings is 1. The second-order valence-corrected chi connectivity index (χ2v) is 15.5. The van der Waals surface area contributed by atoms with Gasteiger partial charge in [0.1, 0.15) is 11.2 Å². The third-order valence-corrected chi connectivity index (χ3v) is 12.3. The van der Waals surface area contributed by atoms with Gasteiger partial charge < -0.3 is 9.32 Å². The van der Waals surface area contributed by atoms with Crippen molar-refractivity contribution in [3.8, 4) is 44.5 Å². The minimum absolute atomic E-state index is 0.864. The summed E-state index contributed by atoms with van der Waals surface area (Å²) in [6.07, 6.45) is 0. The summed E-state index contributed by atoms with van der Waals surface area (Å²) >= 11 is 1.87. The minimum Gasteiger partial charge on any atom is -0.456 e. The van der Waals surface area contributed by atoms with Gasteiger partial charge in [0.15, 0.2) is 0 Å². The van der Waals surface area contributed by atoms with Gasteiger partial charge in [-0.3, -0.25) is 0 Å². The lowest BCUT2D eigenvalue weighted by molar-refractivity contribution is 0.669. The number of fused-ring (bicyclic) bond motifs is 6. The van der Waals surface area contributed by atoms with Crippen LogP contribution in [-0.4, -0.2) is 0 Å². The molecule has 0 saturated carbocycles. The van der Waals surface area contributed by atoms with Crippen LogP contribution in [-0.2, 0) is 0 Å². The Labute approximate surface area is 335 Å². The first-order valence-corrected chi connectivity index (χ1v) is 20.1. The summed E-state index contributed by atoms with van der Waals surface area (Å²) in [6, 6.07) is 76.3. The quantitative estimate of drug-likeness (QED) is 0.162. The monoisotopic (exact) mass is 745 g/mol. The van der Waals surface area contributed by atoms with Gasteiger partial charge in [-0.1, -0.05) is 158 Å². The standard InChI is InChI=1S/C54H35NOS/c1-3-14-36(15-4-1)42-18-7-8-19-43(42)38-26-28-39(29-27-38)55(41-31-33-46-45-20-9-11-24-51(45)56-52(46)35-41)40-30-32-44(50(34-40)37-16-5-2-6-17-37)48-22-13-23-49-47-21-10-12-25-53(47)57-54(48)49/h1-35H. The molecule has 0 spiro atoms. The van der Waals surface area contributed by atoms with Gasteiger partial charge in [-0.15, -0.1) is 11.3 Å². The predicted octanol–water partition coefficient (Wildman–Crippen LogP) is 16.1. The zero-order valence-electron chi connectivity index (χ0n) is 31.0. The normalized spacial score (nSPS) is 11.5. The molecule has 3 heteroatoms. The van der Waals surface area contributed by atoms with Crippen LogP contribution in [0, 0.1) is 0 Å². The van der Waals surface area contributed by atoms with E-state index in [2.05, 4.69) is 205 Å². The Morgan fingerprint density at radius 3 is 1.63 bits per heavy atom. The van der Waals surface area contributed by atoms with Crippen LogP contribution in [0.15, 0.2) is 217 Å². The third-order valence-electron chi connectivity index (χ3n) is 11.1. The van der Waals surface area contributed by atoms with Crippen molar-refractivity contribution in [3.63, 3.8) is 0 Å². The number of para-hydroxylation sites is 1. The second-order valence-electron chi connectivity index (χ2n) is 14.4. The Morgan fingerprint density at radius 2 is 0.860 bits per heavy atom. The highest BCUT2D eigenvalue weighted by atomic mass is 32.1. The van der Waals surface area contributed by atoms with Crippen LogP contribution in [0.3, 0.4) is 0 Å². The molecule has 11 rings (SSSR count). The van der Waals surface area contributed by atoms with Crippen LogP contribution in [0.1, 0.15) is 0 Å². The molecule has 0 bridgehead atoms. The van der Waals surface area contributed by atoms with Gasteiger partial charge in [0.05, 0.1) is 0 Å². The fourth-order valence-electron chi connectivity index (χ4n) is 8.42. The largest absolute Gasteiger partial charge is 0.456 e. The average Bonchev–Trinajstić information content (AvgIpc) is 3.86. The van der Waals surface area contributed by atoms with Crippen LogP contribution in [0.5, 0.6) is 0 Å². The van der Waals surface area contributed by atoms with Gasteiger partial charge in [-0.2, -0.15) is 0 Å². The van der Waals surface area contributed by atoms with E-state index in [0.717, 1.165) is 39.0 Å². The topological polar surface area (TPSA) is 16.4 Å². The summed E-state index contributed by atoms with van der Waals surface area (Å²) in [5.41, 5.74) is 14.5. The highest BCUT2D eigenvalue weighted by Gasteiger charge is 2.20. The number of rotatable bonds is 7. The summed E-state index contributed by atoms with van der Waals surface area (Å²) in [5, 5.41) is 4.84. The fourth-order valence-corrected chi connectivity index (χ4v) is 9.65. The Balaban J connectivity index is 1.10. The molecule has 2 nitrogen and oxygen atoms in total. The molecule has 0 aliphatic heterocycles. The van der Waals surface area contributed by atoms with E-state index in [1.54, 1.807) is 0 Å². The fraction of sp³-hybridized carbons (Fsp3) is 0. The Bertz CT molecular complexity index is 3230. The summed E-state index contributed by atoms with van der Waals surface area (Å²) in [6.45, 7) is 0. The van der Waals surface area contributed by atoms with Crippen molar-refractivity contribution in [3.05, 3.63) is 212 Å². The Kier molecular flexibility index (Phi) is 8.04. The molecule has 0 fully saturated rings. The van der Waals surface area contributed by atoms with Crippen molar-refractivity contribution in [1.82, 2.24) is 0 Å². The maximum Gasteiger partial charge on any atom is 0.137 e. The molecule has 0 N–H and O–H groups in total. The first-order chi connectivity index (χ1) is 28.3. The van der Waals surface area contributed by atoms with E-state index >= 15 is 0 Å². The van der Waals surface area contributed by atoms with Gasteiger partial charge in [0.2, 0.25) is 0 Å². The van der Waals surface area contributed by atoms with Crippen molar-refractivity contribution >= 4 is 70.5 Å². The van der Waals surface area contributed by atoms with E-state index in [1.807, 2.05) is 23.5 Å². The molecule has 0 aliphatic carbocycles. The van der Waals surface area contributed by atoms with Crippen LogP contribution < -0.4 is 4.90 Å². The number of thiophene rings is 1. The minimum atomic E-state index is 0.864. The zero-order chi connectivity index (χ0) is 37.7. The van der Waals surface area contributed by atoms with Crippen LogP contribution in [0.2, 0.25) is 0 Å². The van der Waals surface area contributed by atoms with Crippen molar-refractivity contribution in [2.24, 2.45) is 0 Å². The first kappa shape index (κ1) is 33.2. The van der Waals surface area contributed by atoms with Crippen molar-refractivity contribution < 1.29 is 4.42 Å². The van der Waals surface area contributed by atoms with E-state index in [-0.39, 0.29) is 0 Å². The van der Waals surface area contributed by atoms with E-state index in [0.29, 0.717) is 0 Å². The molecule has 2 aromatic heterocycles. The molecule has 2 heterocycles. The first-order valence-electron chi connectivity index (χ1n) is 19.3. The Morgan fingerprint density at radius 1 is 0.316 bits per heavy atom. The van der Waals surface area contributed by atoms with Gasteiger partial charge in [0, 0.05) is 59.6 Å². The lowest BCUT2D eigenvalue weighted by Crippen LogP contribution is -2.10. The number of hydrogen-bond acceptors (Lipinski definition) is 3. The lowest BCUT2D eigenvalue weighted by Gasteiger charge is -2.27. The van der Waals surface area contributed by atoms with Crippen LogP contribution in [0.4, 0.5) is 17.1 Å².